The molecule has 35 heavy (non-hydrogen) atoms. The van der Waals surface area contributed by atoms with Crippen LogP contribution in [0.4, 0.5) is 16.2 Å². The van der Waals surface area contributed by atoms with Crippen molar-refractivity contribution in [2.24, 2.45) is 0 Å². The number of aromatic carboxylic acids is 1. The van der Waals surface area contributed by atoms with Gasteiger partial charge in [-0.15, -0.1) is 0 Å². The maximum absolute atomic E-state index is 12.6. The number of fused-ring (bicyclic) bond motifs is 1. The topological polar surface area (TPSA) is 140 Å². The summed E-state index contributed by atoms with van der Waals surface area (Å²) in [6.45, 7) is 3.31. The number of imide groups is 1. The Hall–Kier alpha value is -4.08. The number of rotatable bonds is 4. The number of aromatic amines is 1. The molecule has 0 saturated heterocycles. The lowest BCUT2D eigenvalue weighted by molar-refractivity contribution is -0.110. The van der Waals surface area contributed by atoms with Gasteiger partial charge in [0.05, 0.1) is 26.9 Å². The number of H-pyrrole nitrogens is 1. The highest BCUT2D eigenvalue weighted by Gasteiger charge is 2.26. The highest BCUT2D eigenvalue weighted by atomic mass is 35.5. The number of carbonyl (C=O) groups excluding carboxylic acids is 3. The van der Waals surface area contributed by atoms with E-state index in [2.05, 4.69) is 20.9 Å². The van der Waals surface area contributed by atoms with Gasteiger partial charge in [0.2, 0.25) is 0 Å². The van der Waals surface area contributed by atoms with Crippen LogP contribution in [0.25, 0.3) is 11.6 Å². The fourth-order valence-corrected chi connectivity index (χ4v) is 4.07. The van der Waals surface area contributed by atoms with Crippen LogP contribution in [-0.4, -0.2) is 33.9 Å². The molecule has 5 N–H and O–H groups in total. The first kappa shape index (κ1) is 24.1. The van der Waals surface area contributed by atoms with Crippen molar-refractivity contribution in [3.63, 3.8) is 0 Å². The second-order valence-corrected chi connectivity index (χ2v) is 8.59. The van der Waals surface area contributed by atoms with E-state index in [-0.39, 0.29) is 27.1 Å². The van der Waals surface area contributed by atoms with E-state index in [4.69, 9.17) is 23.2 Å². The van der Waals surface area contributed by atoms with Gasteiger partial charge in [-0.1, -0.05) is 29.3 Å². The Labute approximate surface area is 209 Å². The van der Waals surface area contributed by atoms with Gasteiger partial charge in [-0.3, -0.25) is 14.9 Å². The van der Waals surface area contributed by atoms with Crippen molar-refractivity contribution >= 4 is 70.0 Å². The van der Waals surface area contributed by atoms with E-state index in [1.54, 1.807) is 38.1 Å². The zero-order valence-corrected chi connectivity index (χ0v) is 19.9. The summed E-state index contributed by atoms with van der Waals surface area (Å²) in [4.78, 5) is 51.6. The maximum atomic E-state index is 12.6. The van der Waals surface area contributed by atoms with Crippen LogP contribution in [0.1, 0.15) is 43.2 Å². The number of carboxylic acids is 1. The highest BCUT2D eigenvalue weighted by Crippen LogP contribution is 2.35. The molecule has 0 spiro atoms. The van der Waals surface area contributed by atoms with Gasteiger partial charge in [0.1, 0.15) is 0 Å². The minimum Gasteiger partial charge on any atom is -0.478 e. The third-order valence-corrected chi connectivity index (χ3v) is 6.19. The molecule has 1 aliphatic rings. The fourth-order valence-electron chi connectivity index (χ4n) is 3.77. The van der Waals surface area contributed by atoms with Gasteiger partial charge in [-0.2, -0.15) is 0 Å². The molecule has 0 aliphatic carbocycles. The standard InChI is InChI=1S/C24H18Cl2N4O5/c1-10-18(27-11(2)20(10)23(33)34)9-15-14-5-4-13(8-19(14)29-22(15)32)28-24(35)30-21(31)12-3-6-16(25)17(26)7-12/h3-9,27H,1-2H3,(H,29,32)(H,33,34)(H2,28,30,31,35). The van der Waals surface area contributed by atoms with Crippen LogP contribution < -0.4 is 16.0 Å². The van der Waals surface area contributed by atoms with Crippen LogP contribution in [0, 0.1) is 13.8 Å². The quantitative estimate of drug-likeness (QED) is 0.309. The summed E-state index contributed by atoms with van der Waals surface area (Å²) in [5.41, 5.74) is 3.55. The summed E-state index contributed by atoms with van der Waals surface area (Å²) < 4.78 is 0. The van der Waals surface area contributed by atoms with Crippen LogP contribution in [-0.2, 0) is 4.79 Å². The van der Waals surface area contributed by atoms with Crippen molar-refractivity contribution in [1.29, 1.82) is 0 Å². The lowest BCUT2D eigenvalue weighted by atomic mass is 10.0. The Bertz CT molecular complexity index is 1460. The SMILES string of the molecule is Cc1[nH]c(C=C2C(=O)Nc3cc(NC(=O)NC(=O)c4ccc(Cl)c(Cl)c4)ccc32)c(C)c1C(=O)O. The number of hydrogen-bond donors (Lipinski definition) is 5. The second-order valence-electron chi connectivity index (χ2n) is 7.78. The van der Waals surface area contributed by atoms with Gasteiger partial charge in [-0.25, -0.2) is 9.59 Å². The minimum atomic E-state index is -1.05. The summed E-state index contributed by atoms with van der Waals surface area (Å²) in [5.74, 6) is -2.10. The molecule has 11 heteroatoms. The van der Waals surface area contributed by atoms with Crippen LogP contribution >= 0.6 is 23.2 Å². The normalized spacial score (nSPS) is 13.4. The van der Waals surface area contributed by atoms with E-state index in [0.717, 1.165) is 0 Å². The summed E-state index contributed by atoms with van der Waals surface area (Å²) in [7, 11) is 0. The van der Waals surface area contributed by atoms with E-state index in [1.165, 1.54) is 18.2 Å². The molecular weight excluding hydrogens is 495 g/mol. The minimum absolute atomic E-state index is 0.159. The zero-order valence-electron chi connectivity index (χ0n) is 18.4. The van der Waals surface area contributed by atoms with Crippen molar-refractivity contribution in [1.82, 2.24) is 10.3 Å². The van der Waals surface area contributed by atoms with E-state index in [0.29, 0.717) is 39.5 Å². The Morgan fingerprint density at radius 1 is 1.03 bits per heavy atom. The maximum Gasteiger partial charge on any atom is 0.337 e. The third-order valence-electron chi connectivity index (χ3n) is 5.45. The van der Waals surface area contributed by atoms with Crippen molar-refractivity contribution in [2.45, 2.75) is 13.8 Å². The average molecular weight is 513 g/mol. The summed E-state index contributed by atoms with van der Waals surface area (Å²) in [6, 6.07) is 8.21. The molecular formula is C24H18Cl2N4O5. The van der Waals surface area contributed by atoms with Gasteiger partial charge in [0, 0.05) is 28.2 Å². The number of halogens is 2. The molecule has 0 bridgehead atoms. The van der Waals surface area contributed by atoms with Crippen molar-refractivity contribution in [2.75, 3.05) is 10.6 Å². The fraction of sp³-hybridized carbons (Fsp3) is 0.0833. The van der Waals surface area contributed by atoms with E-state index < -0.39 is 17.9 Å². The number of benzene rings is 2. The molecule has 4 rings (SSSR count). The number of carboxylic acid groups (broad SMARTS) is 1. The van der Waals surface area contributed by atoms with E-state index in [9.17, 15) is 24.3 Å². The highest BCUT2D eigenvalue weighted by molar-refractivity contribution is 6.42. The largest absolute Gasteiger partial charge is 0.478 e. The van der Waals surface area contributed by atoms with E-state index in [1.807, 2.05) is 0 Å². The number of hydrogen-bond acceptors (Lipinski definition) is 4. The first-order valence-corrected chi connectivity index (χ1v) is 11.0. The predicted molar refractivity (Wildman–Crippen MR) is 133 cm³/mol. The molecule has 0 saturated carbocycles. The number of aryl methyl sites for hydroxylation is 1. The van der Waals surface area contributed by atoms with Crippen LogP contribution in [0.5, 0.6) is 0 Å². The van der Waals surface area contributed by atoms with Crippen LogP contribution in [0.2, 0.25) is 10.0 Å². The Morgan fingerprint density at radius 2 is 1.77 bits per heavy atom. The average Bonchev–Trinajstić information content (AvgIpc) is 3.24. The smallest absolute Gasteiger partial charge is 0.337 e. The molecule has 178 valence electrons. The van der Waals surface area contributed by atoms with Gasteiger partial charge < -0.3 is 20.7 Å². The molecule has 1 aromatic heterocycles. The van der Waals surface area contributed by atoms with Gasteiger partial charge in [0.15, 0.2) is 0 Å². The summed E-state index contributed by atoms with van der Waals surface area (Å²) in [6.07, 6.45) is 1.59. The number of aromatic nitrogens is 1. The van der Waals surface area contributed by atoms with Crippen LogP contribution in [0.15, 0.2) is 36.4 Å². The monoisotopic (exact) mass is 512 g/mol. The van der Waals surface area contributed by atoms with Gasteiger partial charge in [0.25, 0.3) is 11.8 Å². The van der Waals surface area contributed by atoms with E-state index >= 15 is 0 Å². The molecule has 0 unspecified atom stereocenters. The lowest BCUT2D eigenvalue weighted by Crippen LogP contribution is -2.34. The van der Waals surface area contributed by atoms with Gasteiger partial charge >= 0.3 is 12.0 Å². The van der Waals surface area contributed by atoms with Gasteiger partial charge in [-0.05, 0) is 55.8 Å². The molecule has 1 aliphatic heterocycles. The molecule has 0 radical (unpaired) electrons. The molecule has 0 atom stereocenters. The first-order chi connectivity index (χ1) is 16.5. The number of carbonyl (C=O) groups is 4. The lowest BCUT2D eigenvalue weighted by Gasteiger charge is -2.09. The number of urea groups is 1. The molecule has 2 heterocycles. The summed E-state index contributed by atoms with van der Waals surface area (Å²) >= 11 is 11.7. The Balaban J connectivity index is 1.52. The molecule has 0 fully saturated rings. The molecule has 3 aromatic rings. The van der Waals surface area contributed by atoms with Crippen molar-refractivity contribution in [3.8, 4) is 0 Å². The predicted octanol–water partition coefficient (Wildman–Crippen LogP) is 5.09. The Morgan fingerprint density at radius 3 is 2.43 bits per heavy atom. The first-order valence-electron chi connectivity index (χ1n) is 10.2. The number of nitrogens with one attached hydrogen (secondary N) is 4. The zero-order chi connectivity index (χ0) is 25.4. The molecule has 9 nitrogen and oxygen atoms in total. The number of anilines is 2. The second kappa shape index (κ2) is 9.28. The Kier molecular flexibility index (Phi) is 6.38. The molecule has 4 amide bonds. The third kappa shape index (κ3) is 4.77. The molecule has 2 aromatic carbocycles. The van der Waals surface area contributed by atoms with Crippen molar-refractivity contribution < 1.29 is 24.3 Å². The van der Waals surface area contributed by atoms with Crippen LogP contribution in [0.3, 0.4) is 0 Å². The summed E-state index contributed by atoms with van der Waals surface area (Å²) in [5, 5.41) is 17.3. The number of amides is 4. The van der Waals surface area contributed by atoms with Crippen molar-refractivity contribution in [3.05, 3.63) is 80.1 Å².